The summed E-state index contributed by atoms with van der Waals surface area (Å²) >= 11 is 0. The quantitative estimate of drug-likeness (QED) is 0.140. The first-order valence-corrected chi connectivity index (χ1v) is 17.7. The van der Waals surface area contributed by atoms with Crippen molar-refractivity contribution in [1.82, 2.24) is 0 Å². The minimum absolute atomic E-state index is 0.854. The van der Waals surface area contributed by atoms with Crippen LogP contribution in [0.15, 0.2) is 36.4 Å². The molecule has 0 aromatic heterocycles. The van der Waals surface area contributed by atoms with Gasteiger partial charge in [-0.05, 0) is 182 Å². The van der Waals surface area contributed by atoms with E-state index in [2.05, 4.69) is 36.4 Å². The molecule has 3 nitrogen and oxygen atoms in total. The molecule has 0 bridgehead atoms. The molecule has 0 aliphatic heterocycles. The summed E-state index contributed by atoms with van der Waals surface area (Å²) in [6.07, 6.45) is 3.26. The molecule has 16 rings (SSSR count). The zero-order valence-corrected chi connectivity index (χ0v) is 24.2. The normalized spacial score (nSPS) is 16.3. The van der Waals surface area contributed by atoms with Crippen LogP contribution in [0, 0.1) is 0 Å². The van der Waals surface area contributed by atoms with E-state index in [0.717, 1.165) is 25.9 Å². The Bertz CT molecular complexity index is 2960. The number of hydrogen-bond donors (Lipinski definition) is 2. The molecule has 0 spiro atoms. The van der Waals surface area contributed by atoms with E-state index in [1.54, 1.807) is 146 Å². The number of rotatable bonds is 0. The van der Waals surface area contributed by atoms with Crippen LogP contribution in [0.2, 0.25) is 0 Å². The van der Waals surface area contributed by atoms with Crippen LogP contribution in [0.5, 0.6) is 0 Å². The van der Waals surface area contributed by atoms with E-state index in [0.29, 0.717) is 0 Å². The van der Waals surface area contributed by atoms with Crippen LogP contribution in [0.25, 0.3) is 129 Å². The lowest BCUT2D eigenvalue weighted by atomic mass is 9.90. The van der Waals surface area contributed by atoms with Crippen LogP contribution in [-0.4, -0.2) is 16.5 Å². The Morgan fingerprint density at radius 1 is 0.364 bits per heavy atom. The van der Waals surface area contributed by atoms with Gasteiger partial charge in [0.1, 0.15) is 0 Å². The van der Waals surface area contributed by atoms with Gasteiger partial charge in [-0.25, -0.2) is 0 Å². The Morgan fingerprint density at radius 2 is 0.523 bits per heavy atom. The van der Waals surface area contributed by atoms with E-state index >= 15 is 0 Å². The van der Waals surface area contributed by atoms with Crippen LogP contribution in [0.4, 0.5) is 0 Å². The first kappa shape index (κ1) is 20.4. The van der Waals surface area contributed by atoms with Gasteiger partial charge in [-0.1, -0.05) is 36.4 Å². The molecule has 0 amide bonds. The predicted octanol–water partition coefficient (Wildman–Crippen LogP) is 9.97. The molecule has 3 aliphatic carbocycles. The summed E-state index contributed by atoms with van der Waals surface area (Å²) in [4.78, 5) is 15.3. The topological polar surface area (TPSA) is 57.5 Å². The zero-order chi connectivity index (χ0) is 28.2. The molecule has 44 heavy (non-hydrogen) atoms. The molecule has 0 atom stereocenters. The summed E-state index contributed by atoms with van der Waals surface area (Å²) in [5.74, 6) is 0. The third-order valence-corrected chi connectivity index (χ3v) is 12.7. The SMILES string of the molecule is CP(=O)(O)O.c1c2c3c4c(cc5cc6c7c8c(cc9cc%10c%11c%12c(cc1c1c3c3c%13c4c5c7c%13c4c8c9c%11c4c3c%121)C%10)C6)C2. The van der Waals surface area contributed by atoms with Crippen molar-refractivity contribution in [3.8, 4) is 0 Å². The Morgan fingerprint density at radius 3 is 0.705 bits per heavy atom. The standard InChI is InChI=1S/C39H12.CH5O3P/c1-10-4-16-6-12-2-14-8-18-9-15-3-13-7-17-5-11(1)20-19(10)28-25(16)30-21(12)23(14)32-27(18)33-24(15)22(13)31-26(17)29(20)35-34(28)36(30)38(32)39(33)37(31)35;1-5(2,3)4/h4-9H,1-3H2;1H3,(H2,2,3,4). The Balaban J connectivity index is 0.000000395. The average Bonchev–Trinajstić information content (AvgIpc) is 3.78. The maximum atomic E-state index is 9.33. The minimum Gasteiger partial charge on any atom is -0.325 e. The Hall–Kier alpha value is -4.53. The molecule has 13 aromatic carbocycles. The van der Waals surface area contributed by atoms with Gasteiger partial charge in [-0.15, -0.1) is 0 Å². The molecule has 200 valence electrons. The van der Waals surface area contributed by atoms with E-state index < -0.39 is 7.60 Å². The van der Waals surface area contributed by atoms with Crippen molar-refractivity contribution in [2.24, 2.45) is 0 Å². The van der Waals surface area contributed by atoms with Gasteiger partial charge in [-0.2, -0.15) is 0 Å². The second-order valence-electron chi connectivity index (χ2n) is 14.6. The van der Waals surface area contributed by atoms with Crippen molar-refractivity contribution in [2.45, 2.75) is 19.3 Å². The van der Waals surface area contributed by atoms with Crippen LogP contribution in [0.1, 0.15) is 33.4 Å². The molecule has 13 aromatic rings. The predicted molar refractivity (Wildman–Crippen MR) is 184 cm³/mol. The largest absolute Gasteiger partial charge is 0.325 e. The summed E-state index contributed by atoms with van der Waals surface area (Å²) in [7, 11) is -3.64. The molecular formula is C40H17O3P. The van der Waals surface area contributed by atoms with Crippen molar-refractivity contribution in [3.05, 3.63) is 69.8 Å². The van der Waals surface area contributed by atoms with Crippen LogP contribution in [-0.2, 0) is 23.8 Å². The molecule has 0 unspecified atom stereocenters. The van der Waals surface area contributed by atoms with Gasteiger partial charge in [0.25, 0.3) is 0 Å². The summed E-state index contributed by atoms with van der Waals surface area (Å²) in [6.45, 7) is 0.854. The molecule has 2 N–H and O–H groups in total. The maximum Gasteiger partial charge on any atom is 0.322 e. The molecule has 0 heterocycles. The summed E-state index contributed by atoms with van der Waals surface area (Å²) < 4.78 is 9.33. The van der Waals surface area contributed by atoms with Gasteiger partial charge < -0.3 is 9.79 Å². The average molecular weight is 577 g/mol. The highest BCUT2D eigenvalue weighted by Gasteiger charge is 2.40. The summed E-state index contributed by atoms with van der Waals surface area (Å²) in [6, 6.07) is 15.6. The molecular weight excluding hydrogens is 559 g/mol. The molecule has 3 aliphatic rings. The third kappa shape index (κ3) is 1.62. The lowest BCUT2D eigenvalue weighted by molar-refractivity contribution is 0.381. The van der Waals surface area contributed by atoms with Gasteiger partial charge in [0.05, 0.1) is 0 Å². The molecule has 0 fully saturated rings. The fraction of sp³-hybridized carbons (Fsp3) is 0.100. The van der Waals surface area contributed by atoms with E-state index in [1.165, 1.54) is 16.2 Å². The van der Waals surface area contributed by atoms with Crippen LogP contribution >= 0.6 is 7.60 Å². The fourth-order valence-corrected chi connectivity index (χ4v) is 12.0. The molecule has 0 saturated heterocycles. The highest BCUT2D eigenvalue weighted by atomic mass is 31.2. The molecule has 0 saturated carbocycles. The minimum atomic E-state index is -3.64. The van der Waals surface area contributed by atoms with Crippen LogP contribution < -0.4 is 0 Å². The van der Waals surface area contributed by atoms with Crippen molar-refractivity contribution in [1.29, 1.82) is 0 Å². The second kappa shape index (κ2) is 5.35. The van der Waals surface area contributed by atoms with E-state index in [1.807, 2.05) is 0 Å². The Labute approximate surface area is 246 Å². The second-order valence-corrected chi connectivity index (χ2v) is 16.3. The van der Waals surface area contributed by atoms with Gasteiger partial charge in [0.15, 0.2) is 0 Å². The van der Waals surface area contributed by atoms with E-state index in [-0.39, 0.29) is 0 Å². The van der Waals surface area contributed by atoms with Gasteiger partial charge in [0, 0.05) is 6.66 Å². The lowest BCUT2D eigenvalue weighted by Crippen LogP contribution is -1.86. The third-order valence-electron chi connectivity index (χ3n) is 12.7. The zero-order valence-electron chi connectivity index (χ0n) is 23.3. The number of benzene rings is 10. The summed E-state index contributed by atoms with van der Waals surface area (Å²) in [5, 5.41) is 38.2. The molecule has 0 radical (unpaired) electrons. The summed E-state index contributed by atoms with van der Waals surface area (Å²) in [5.41, 5.74) is 9.44. The maximum absolute atomic E-state index is 9.33. The van der Waals surface area contributed by atoms with Crippen LogP contribution in [0.3, 0.4) is 0 Å². The number of hydrogen-bond acceptors (Lipinski definition) is 1. The van der Waals surface area contributed by atoms with E-state index in [4.69, 9.17) is 9.79 Å². The lowest BCUT2D eigenvalue weighted by Gasteiger charge is -2.11. The smallest absolute Gasteiger partial charge is 0.322 e. The molecule has 4 heteroatoms. The Kier molecular flexibility index (Phi) is 2.48. The van der Waals surface area contributed by atoms with E-state index in [9.17, 15) is 4.57 Å². The van der Waals surface area contributed by atoms with Crippen molar-refractivity contribution < 1.29 is 14.4 Å². The fourth-order valence-electron chi connectivity index (χ4n) is 12.0. The van der Waals surface area contributed by atoms with Crippen molar-refractivity contribution in [2.75, 3.05) is 6.66 Å². The monoisotopic (exact) mass is 576 g/mol. The van der Waals surface area contributed by atoms with Crippen molar-refractivity contribution >= 4 is 137 Å². The van der Waals surface area contributed by atoms with Gasteiger partial charge >= 0.3 is 7.60 Å². The van der Waals surface area contributed by atoms with Gasteiger partial charge in [-0.3, -0.25) is 4.57 Å². The highest BCUT2D eigenvalue weighted by Crippen LogP contribution is 2.67. The van der Waals surface area contributed by atoms with Crippen molar-refractivity contribution in [3.63, 3.8) is 0 Å². The first-order chi connectivity index (χ1) is 21.3. The first-order valence-electron chi connectivity index (χ1n) is 15.6. The highest BCUT2D eigenvalue weighted by molar-refractivity contribution is 7.50. The van der Waals surface area contributed by atoms with Gasteiger partial charge in [0.2, 0.25) is 0 Å².